The van der Waals surface area contributed by atoms with E-state index in [1.807, 2.05) is 6.92 Å². The molecule has 0 aliphatic heterocycles. The van der Waals surface area contributed by atoms with Crippen molar-refractivity contribution in [1.29, 1.82) is 0 Å². The number of carbonyl (C=O) groups is 4. The summed E-state index contributed by atoms with van der Waals surface area (Å²) in [6.07, 6.45) is 6.45. The summed E-state index contributed by atoms with van der Waals surface area (Å²) in [6.45, 7) is 14.8. The zero-order valence-electron chi connectivity index (χ0n) is 24.6. The first-order valence-corrected chi connectivity index (χ1v) is 13.5. The van der Waals surface area contributed by atoms with Crippen molar-refractivity contribution in [2.24, 2.45) is 5.92 Å². The second-order valence-corrected chi connectivity index (χ2v) is 10.9. The van der Waals surface area contributed by atoms with E-state index in [0.717, 1.165) is 6.42 Å². The molecule has 2 N–H and O–H groups in total. The van der Waals surface area contributed by atoms with Crippen molar-refractivity contribution in [2.45, 2.75) is 98.4 Å². The summed E-state index contributed by atoms with van der Waals surface area (Å²) < 4.78 is 10.3. The third kappa shape index (κ3) is 11.4. The lowest BCUT2D eigenvalue weighted by Crippen LogP contribution is -2.55. The summed E-state index contributed by atoms with van der Waals surface area (Å²) >= 11 is 0. The second-order valence-electron chi connectivity index (χ2n) is 10.9. The molecule has 9 heteroatoms. The molecule has 0 spiro atoms. The summed E-state index contributed by atoms with van der Waals surface area (Å²) in [5, 5.41) is 5.37. The topological polar surface area (TPSA) is 114 Å². The Balaban J connectivity index is 3.48. The Labute approximate surface area is 233 Å². The first-order valence-electron chi connectivity index (χ1n) is 13.5. The number of terminal acetylenes is 1. The van der Waals surface area contributed by atoms with Gasteiger partial charge in [-0.15, -0.1) is 6.42 Å². The van der Waals surface area contributed by atoms with Gasteiger partial charge in [-0.2, -0.15) is 0 Å². The Hall–Kier alpha value is -3.54. The van der Waals surface area contributed by atoms with Crippen LogP contribution >= 0.6 is 0 Å². The van der Waals surface area contributed by atoms with Crippen LogP contribution in [-0.2, 0) is 23.9 Å². The Morgan fingerprint density at radius 3 is 2.26 bits per heavy atom. The monoisotopic (exact) mass is 543 g/mol. The van der Waals surface area contributed by atoms with Crippen LogP contribution in [0.2, 0.25) is 0 Å². The van der Waals surface area contributed by atoms with Gasteiger partial charge in [0.15, 0.2) is 0 Å². The van der Waals surface area contributed by atoms with E-state index in [-0.39, 0.29) is 25.6 Å². The van der Waals surface area contributed by atoms with Gasteiger partial charge in [-0.1, -0.05) is 38.0 Å². The number of carbonyl (C=O) groups excluding carboxylic acids is 4. The summed E-state index contributed by atoms with van der Waals surface area (Å²) in [6, 6.07) is 4.46. The van der Waals surface area contributed by atoms with E-state index in [2.05, 4.69) is 30.4 Å². The minimum absolute atomic E-state index is 0.0173. The Kier molecular flexibility index (Phi) is 13.5. The molecule has 1 aromatic rings. The number of nitrogens with zero attached hydrogens (tertiary/aromatic N) is 1. The zero-order chi connectivity index (χ0) is 29.8. The maximum absolute atomic E-state index is 14.0. The highest BCUT2D eigenvalue weighted by molar-refractivity contribution is 5.92. The van der Waals surface area contributed by atoms with Crippen LogP contribution < -0.4 is 10.6 Å². The fourth-order valence-corrected chi connectivity index (χ4v) is 3.98. The van der Waals surface area contributed by atoms with Crippen molar-refractivity contribution in [2.75, 3.05) is 13.2 Å². The van der Waals surface area contributed by atoms with E-state index in [0.29, 0.717) is 23.5 Å². The number of alkyl carbamates (subject to hydrolysis) is 1. The van der Waals surface area contributed by atoms with Gasteiger partial charge in [0.25, 0.3) is 0 Å². The molecular weight excluding hydrogens is 498 g/mol. The fourth-order valence-electron chi connectivity index (χ4n) is 3.98. The SMILES string of the molecule is C#Cc1ccccc1C(C(=O)NCCC(=O)OCC)N(C(=O)C(C)NC(=O)OC(C)(C)C)C(C)CCC(C)C. The van der Waals surface area contributed by atoms with Gasteiger partial charge < -0.3 is 25.0 Å². The minimum Gasteiger partial charge on any atom is -0.466 e. The quantitative estimate of drug-likeness (QED) is 0.283. The van der Waals surface area contributed by atoms with Gasteiger partial charge in [0.05, 0.1) is 13.0 Å². The van der Waals surface area contributed by atoms with Gasteiger partial charge in [0.1, 0.15) is 17.7 Å². The summed E-state index contributed by atoms with van der Waals surface area (Å²) in [4.78, 5) is 53.5. The molecule has 1 aromatic carbocycles. The van der Waals surface area contributed by atoms with Gasteiger partial charge >= 0.3 is 12.1 Å². The van der Waals surface area contributed by atoms with Crippen LogP contribution in [0, 0.1) is 18.3 Å². The van der Waals surface area contributed by atoms with E-state index in [1.165, 1.54) is 4.90 Å². The van der Waals surface area contributed by atoms with Crippen LogP contribution in [0.15, 0.2) is 24.3 Å². The van der Waals surface area contributed by atoms with E-state index in [1.54, 1.807) is 58.9 Å². The molecule has 0 saturated carbocycles. The fraction of sp³-hybridized carbons (Fsp3) is 0.600. The molecule has 0 aliphatic carbocycles. The van der Waals surface area contributed by atoms with Gasteiger partial charge in [0, 0.05) is 18.2 Å². The minimum atomic E-state index is -1.10. The van der Waals surface area contributed by atoms with Crippen molar-refractivity contribution < 1.29 is 28.7 Å². The molecule has 0 aliphatic rings. The lowest BCUT2D eigenvalue weighted by Gasteiger charge is -2.38. The van der Waals surface area contributed by atoms with Crippen molar-refractivity contribution in [1.82, 2.24) is 15.5 Å². The van der Waals surface area contributed by atoms with Gasteiger partial charge in [-0.05, 0) is 71.9 Å². The van der Waals surface area contributed by atoms with Crippen LogP contribution in [0.3, 0.4) is 0 Å². The standard InChI is InChI=1S/C30H45N3O6/c1-10-23-14-12-13-15-24(23)26(27(35)31-19-18-25(34)38-11-2)33(21(5)17-16-20(3)4)28(36)22(6)32-29(37)39-30(7,8)9/h1,12-15,20-22,26H,11,16-19H2,2-9H3,(H,31,35)(H,32,37). The van der Waals surface area contributed by atoms with Crippen molar-refractivity contribution in [3.63, 3.8) is 0 Å². The lowest BCUT2D eigenvalue weighted by atomic mass is 9.94. The van der Waals surface area contributed by atoms with Crippen LogP contribution in [0.5, 0.6) is 0 Å². The largest absolute Gasteiger partial charge is 0.466 e. The summed E-state index contributed by atoms with van der Waals surface area (Å²) in [7, 11) is 0. The molecule has 0 bridgehead atoms. The molecule has 0 heterocycles. The lowest BCUT2D eigenvalue weighted by molar-refractivity contribution is -0.145. The predicted molar refractivity (Wildman–Crippen MR) is 151 cm³/mol. The average Bonchev–Trinajstić information content (AvgIpc) is 2.84. The molecule has 0 saturated heterocycles. The van der Waals surface area contributed by atoms with Crippen molar-refractivity contribution in [3.8, 4) is 12.3 Å². The van der Waals surface area contributed by atoms with E-state index < -0.39 is 41.6 Å². The maximum atomic E-state index is 14.0. The third-order valence-electron chi connectivity index (χ3n) is 5.87. The highest BCUT2D eigenvalue weighted by Crippen LogP contribution is 2.29. The maximum Gasteiger partial charge on any atom is 0.408 e. The first kappa shape index (κ1) is 33.5. The molecule has 39 heavy (non-hydrogen) atoms. The Bertz CT molecular complexity index is 1020. The van der Waals surface area contributed by atoms with Gasteiger partial charge in [-0.25, -0.2) is 4.79 Å². The predicted octanol–water partition coefficient (Wildman–Crippen LogP) is 4.34. The number of hydrogen-bond donors (Lipinski definition) is 2. The molecule has 9 nitrogen and oxygen atoms in total. The number of ether oxygens (including phenoxy) is 2. The third-order valence-corrected chi connectivity index (χ3v) is 5.87. The molecule has 3 amide bonds. The second kappa shape index (κ2) is 15.8. The van der Waals surface area contributed by atoms with E-state index >= 15 is 0 Å². The molecule has 3 atom stereocenters. The number of hydrogen-bond acceptors (Lipinski definition) is 6. The average molecular weight is 544 g/mol. The number of esters is 1. The normalized spacial score (nSPS) is 13.4. The van der Waals surface area contributed by atoms with Crippen LogP contribution in [-0.4, -0.2) is 59.6 Å². The van der Waals surface area contributed by atoms with E-state index in [9.17, 15) is 19.2 Å². The Morgan fingerprint density at radius 1 is 1.05 bits per heavy atom. The molecule has 216 valence electrons. The number of amides is 3. The van der Waals surface area contributed by atoms with Crippen LogP contribution in [0.25, 0.3) is 0 Å². The molecule has 0 radical (unpaired) electrons. The molecule has 0 aromatic heterocycles. The molecule has 3 unspecified atom stereocenters. The highest BCUT2D eigenvalue weighted by atomic mass is 16.6. The number of benzene rings is 1. The van der Waals surface area contributed by atoms with Crippen molar-refractivity contribution in [3.05, 3.63) is 35.4 Å². The van der Waals surface area contributed by atoms with Crippen molar-refractivity contribution >= 4 is 23.9 Å². The van der Waals surface area contributed by atoms with Crippen LogP contribution in [0.4, 0.5) is 4.79 Å². The van der Waals surface area contributed by atoms with E-state index in [4.69, 9.17) is 15.9 Å². The van der Waals surface area contributed by atoms with Gasteiger partial charge in [-0.3, -0.25) is 14.4 Å². The number of nitrogens with one attached hydrogen (secondary N) is 2. The number of rotatable bonds is 13. The smallest absolute Gasteiger partial charge is 0.408 e. The highest BCUT2D eigenvalue weighted by Gasteiger charge is 2.38. The molecule has 1 rings (SSSR count). The summed E-state index contributed by atoms with van der Waals surface area (Å²) in [5.41, 5.74) is 0.192. The molecule has 0 fully saturated rings. The molecular formula is C30H45N3O6. The Morgan fingerprint density at radius 2 is 1.69 bits per heavy atom. The first-order chi connectivity index (χ1) is 18.2. The summed E-state index contributed by atoms with van der Waals surface area (Å²) in [5.74, 6) is 1.59. The zero-order valence-corrected chi connectivity index (χ0v) is 24.6. The van der Waals surface area contributed by atoms with Crippen LogP contribution in [0.1, 0.15) is 91.8 Å². The van der Waals surface area contributed by atoms with Gasteiger partial charge in [0.2, 0.25) is 11.8 Å².